The molecule has 0 unspecified atom stereocenters. The van der Waals surface area contributed by atoms with Crippen molar-refractivity contribution in [1.82, 2.24) is 4.98 Å². The van der Waals surface area contributed by atoms with Crippen molar-refractivity contribution in [1.29, 1.82) is 0 Å². The van der Waals surface area contributed by atoms with Crippen LogP contribution in [0.15, 0.2) is 0 Å². The number of hydrogen-bond donors (Lipinski definition) is 1. The number of aromatic carboxylic acids is 1. The molecule has 0 aromatic carbocycles. The zero-order valence-corrected chi connectivity index (χ0v) is 11.4. The second-order valence-electron chi connectivity index (χ2n) is 5.46. The highest BCUT2D eigenvalue weighted by atomic mass is 32.1. The van der Waals surface area contributed by atoms with E-state index in [0.717, 1.165) is 42.7 Å². The Kier molecular flexibility index (Phi) is 3.01. The third kappa shape index (κ3) is 2.23. The predicted molar refractivity (Wildman–Crippen MR) is 71.7 cm³/mol. The molecule has 0 radical (unpaired) electrons. The van der Waals surface area contributed by atoms with Crippen molar-refractivity contribution in [3.63, 3.8) is 0 Å². The molecule has 1 saturated heterocycles. The van der Waals surface area contributed by atoms with Crippen molar-refractivity contribution in [2.75, 3.05) is 18.0 Å². The topological polar surface area (TPSA) is 53.4 Å². The molecular weight excluding hydrogens is 248 g/mol. The zero-order chi connectivity index (χ0) is 12.7. The molecule has 1 aromatic heterocycles. The standard InChI is InChI=1S/C13H18N2O2S/c1-8-4-6-15(7-5-8)13-14-10(9-2-3-9)11(18-13)12(16)17/h8-9H,2-7H2,1H3,(H,16,17). The summed E-state index contributed by atoms with van der Waals surface area (Å²) >= 11 is 1.36. The van der Waals surface area contributed by atoms with E-state index in [4.69, 9.17) is 0 Å². The number of carboxylic acids is 1. The molecule has 2 heterocycles. The van der Waals surface area contributed by atoms with Crippen LogP contribution in [-0.4, -0.2) is 29.1 Å². The van der Waals surface area contributed by atoms with Crippen LogP contribution < -0.4 is 4.90 Å². The Bertz CT molecular complexity index is 460. The van der Waals surface area contributed by atoms with E-state index in [9.17, 15) is 9.90 Å². The lowest BCUT2D eigenvalue weighted by Gasteiger charge is -2.29. The second-order valence-corrected chi connectivity index (χ2v) is 6.44. The normalized spacial score (nSPS) is 21.3. The minimum atomic E-state index is -0.814. The highest BCUT2D eigenvalue weighted by Gasteiger charge is 2.33. The van der Waals surface area contributed by atoms with E-state index in [0.29, 0.717) is 10.8 Å². The van der Waals surface area contributed by atoms with Crippen LogP contribution in [0.3, 0.4) is 0 Å². The van der Waals surface area contributed by atoms with Crippen LogP contribution in [0, 0.1) is 5.92 Å². The van der Waals surface area contributed by atoms with Crippen LogP contribution in [0.2, 0.25) is 0 Å². The zero-order valence-electron chi connectivity index (χ0n) is 10.6. The van der Waals surface area contributed by atoms with Gasteiger partial charge in [-0.1, -0.05) is 18.3 Å². The fourth-order valence-corrected chi connectivity index (χ4v) is 3.48. The van der Waals surface area contributed by atoms with Crippen molar-refractivity contribution in [2.24, 2.45) is 5.92 Å². The van der Waals surface area contributed by atoms with Gasteiger partial charge >= 0.3 is 5.97 Å². The maximum absolute atomic E-state index is 11.3. The number of anilines is 1. The third-order valence-electron chi connectivity index (χ3n) is 3.85. The van der Waals surface area contributed by atoms with Gasteiger partial charge in [-0.3, -0.25) is 0 Å². The monoisotopic (exact) mass is 266 g/mol. The molecule has 3 rings (SSSR count). The first-order chi connectivity index (χ1) is 8.65. The fraction of sp³-hybridized carbons (Fsp3) is 0.692. The van der Waals surface area contributed by atoms with Gasteiger partial charge in [0.15, 0.2) is 5.13 Å². The van der Waals surface area contributed by atoms with Crippen LogP contribution in [0.1, 0.15) is 53.9 Å². The fourth-order valence-electron chi connectivity index (χ4n) is 2.44. The van der Waals surface area contributed by atoms with Gasteiger partial charge in [0.05, 0.1) is 5.69 Å². The molecule has 0 amide bonds. The maximum Gasteiger partial charge on any atom is 0.347 e. The molecule has 1 N–H and O–H groups in total. The number of hydrogen-bond acceptors (Lipinski definition) is 4. The number of rotatable bonds is 3. The van der Waals surface area contributed by atoms with Crippen LogP contribution in [0.25, 0.3) is 0 Å². The maximum atomic E-state index is 11.3. The van der Waals surface area contributed by atoms with E-state index in [1.54, 1.807) is 0 Å². The molecule has 1 saturated carbocycles. The summed E-state index contributed by atoms with van der Waals surface area (Å²) in [5.41, 5.74) is 0.834. The Morgan fingerprint density at radius 2 is 2.00 bits per heavy atom. The highest BCUT2D eigenvalue weighted by molar-refractivity contribution is 7.17. The molecule has 0 bridgehead atoms. The number of carboxylic acid groups (broad SMARTS) is 1. The average molecular weight is 266 g/mol. The van der Waals surface area contributed by atoms with Gasteiger partial charge in [0.1, 0.15) is 4.88 Å². The quantitative estimate of drug-likeness (QED) is 0.914. The van der Waals surface area contributed by atoms with Crippen molar-refractivity contribution in [3.05, 3.63) is 10.6 Å². The number of piperidine rings is 1. The summed E-state index contributed by atoms with van der Waals surface area (Å²) in [5, 5.41) is 10.2. The molecule has 18 heavy (non-hydrogen) atoms. The van der Waals surface area contributed by atoms with Crippen LogP contribution in [-0.2, 0) is 0 Å². The predicted octanol–water partition coefficient (Wildman–Crippen LogP) is 2.96. The SMILES string of the molecule is CC1CCN(c2nc(C3CC3)c(C(=O)O)s2)CC1. The largest absolute Gasteiger partial charge is 0.477 e. The summed E-state index contributed by atoms with van der Waals surface area (Å²) in [4.78, 5) is 18.6. The number of carbonyl (C=O) groups is 1. The second kappa shape index (κ2) is 4.53. The van der Waals surface area contributed by atoms with Gasteiger partial charge in [-0.15, -0.1) is 0 Å². The van der Waals surface area contributed by atoms with Gasteiger partial charge < -0.3 is 10.0 Å². The Hall–Kier alpha value is -1.10. The Morgan fingerprint density at radius 1 is 1.33 bits per heavy atom. The van der Waals surface area contributed by atoms with Gasteiger partial charge in [0.2, 0.25) is 0 Å². The van der Waals surface area contributed by atoms with Gasteiger partial charge in [-0.2, -0.15) is 0 Å². The number of nitrogens with zero attached hydrogens (tertiary/aromatic N) is 2. The molecule has 0 atom stereocenters. The third-order valence-corrected chi connectivity index (χ3v) is 4.97. The van der Waals surface area contributed by atoms with E-state index < -0.39 is 5.97 Å². The molecule has 2 aliphatic rings. The highest BCUT2D eigenvalue weighted by Crippen LogP contribution is 2.44. The van der Waals surface area contributed by atoms with Gasteiger partial charge in [-0.25, -0.2) is 9.78 Å². The van der Waals surface area contributed by atoms with Crippen LogP contribution in [0.5, 0.6) is 0 Å². The summed E-state index contributed by atoms with van der Waals surface area (Å²) < 4.78 is 0. The lowest BCUT2D eigenvalue weighted by molar-refractivity contribution is 0.0700. The lowest BCUT2D eigenvalue weighted by Crippen LogP contribution is -2.32. The number of aromatic nitrogens is 1. The summed E-state index contributed by atoms with van der Waals surface area (Å²) in [6, 6.07) is 0. The Labute approximate surface area is 111 Å². The van der Waals surface area contributed by atoms with E-state index in [1.807, 2.05) is 0 Å². The smallest absolute Gasteiger partial charge is 0.347 e. The van der Waals surface area contributed by atoms with E-state index in [-0.39, 0.29) is 0 Å². The molecule has 4 nitrogen and oxygen atoms in total. The van der Waals surface area contributed by atoms with Crippen molar-refractivity contribution in [3.8, 4) is 0 Å². The first kappa shape index (κ1) is 12.0. The molecule has 5 heteroatoms. The van der Waals surface area contributed by atoms with E-state index in [2.05, 4.69) is 16.8 Å². The minimum Gasteiger partial charge on any atom is -0.477 e. The Balaban J connectivity index is 1.84. The van der Waals surface area contributed by atoms with Gasteiger partial charge in [0, 0.05) is 19.0 Å². The molecular formula is C13H18N2O2S. The molecule has 1 aromatic rings. The molecule has 0 spiro atoms. The average Bonchev–Trinajstić information content (AvgIpc) is 3.09. The summed E-state index contributed by atoms with van der Waals surface area (Å²) in [6.45, 7) is 4.30. The van der Waals surface area contributed by atoms with Crippen molar-refractivity contribution >= 4 is 22.4 Å². The minimum absolute atomic E-state index is 0.407. The Morgan fingerprint density at radius 3 is 2.56 bits per heavy atom. The molecule has 1 aliphatic heterocycles. The molecule has 2 fully saturated rings. The van der Waals surface area contributed by atoms with Crippen molar-refractivity contribution < 1.29 is 9.90 Å². The molecule has 1 aliphatic carbocycles. The van der Waals surface area contributed by atoms with Gasteiger partial charge in [0.25, 0.3) is 0 Å². The molecule has 98 valence electrons. The van der Waals surface area contributed by atoms with Crippen LogP contribution >= 0.6 is 11.3 Å². The summed E-state index contributed by atoms with van der Waals surface area (Å²) in [7, 11) is 0. The van der Waals surface area contributed by atoms with Crippen LogP contribution in [0.4, 0.5) is 5.13 Å². The first-order valence-corrected chi connectivity index (χ1v) is 7.45. The summed E-state index contributed by atoms with van der Waals surface area (Å²) in [6.07, 6.45) is 4.56. The van der Waals surface area contributed by atoms with Crippen molar-refractivity contribution in [2.45, 2.75) is 38.5 Å². The summed E-state index contributed by atoms with van der Waals surface area (Å²) in [5.74, 6) is 0.374. The van der Waals surface area contributed by atoms with E-state index in [1.165, 1.54) is 24.2 Å². The first-order valence-electron chi connectivity index (χ1n) is 6.64. The lowest BCUT2D eigenvalue weighted by atomic mass is 10.00. The van der Waals surface area contributed by atoms with E-state index >= 15 is 0 Å². The van der Waals surface area contributed by atoms with Gasteiger partial charge in [-0.05, 0) is 31.6 Å². The number of thiazole rings is 1.